The van der Waals surface area contributed by atoms with E-state index in [1.165, 1.54) is 0 Å². The van der Waals surface area contributed by atoms with Crippen LogP contribution in [0.2, 0.25) is 0 Å². The molecule has 0 bridgehead atoms. The number of carbonyl (C=O) groups excluding carboxylic acids is 2. The van der Waals surface area contributed by atoms with E-state index in [9.17, 15) is 9.59 Å². The summed E-state index contributed by atoms with van der Waals surface area (Å²) >= 11 is 0. The van der Waals surface area contributed by atoms with Gasteiger partial charge in [0, 0.05) is 52.0 Å². The first-order chi connectivity index (χ1) is 9.70. The summed E-state index contributed by atoms with van der Waals surface area (Å²) in [6, 6.07) is 0. The summed E-state index contributed by atoms with van der Waals surface area (Å²) in [4.78, 5) is 32.5. The molecule has 1 atom stereocenters. The predicted molar refractivity (Wildman–Crippen MR) is 71.9 cm³/mol. The number of hydrogen-bond acceptors (Lipinski definition) is 4. The number of amides is 2. The number of aromatic amines is 1. The van der Waals surface area contributed by atoms with Crippen LogP contribution in [0.5, 0.6) is 0 Å². The lowest BCUT2D eigenvalue weighted by atomic mass is 10.1. The molecule has 7 nitrogen and oxygen atoms in total. The SMILES string of the molecule is COCCN1CC(C(=O)NCCc2ncc[nH]2)CC1=O. The smallest absolute Gasteiger partial charge is 0.225 e. The van der Waals surface area contributed by atoms with E-state index in [-0.39, 0.29) is 24.2 Å². The highest BCUT2D eigenvalue weighted by molar-refractivity contribution is 5.89. The lowest BCUT2D eigenvalue weighted by Crippen LogP contribution is -2.35. The fourth-order valence-corrected chi connectivity index (χ4v) is 2.25. The molecule has 2 N–H and O–H groups in total. The Bertz CT molecular complexity index is 446. The maximum absolute atomic E-state index is 12.0. The molecule has 0 aromatic carbocycles. The third-order valence-corrected chi connectivity index (χ3v) is 3.37. The number of H-pyrrole nitrogens is 1. The Labute approximate surface area is 117 Å². The van der Waals surface area contributed by atoms with Crippen molar-refractivity contribution in [1.29, 1.82) is 0 Å². The fraction of sp³-hybridized carbons (Fsp3) is 0.615. The van der Waals surface area contributed by atoms with Crippen molar-refractivity contribution >= 4 is 11.8 Å². The molecule has 0 spiro atoms. The van der Waals surface area contributed by atoms with Crippen LogP contribution in [0.15, 0.2) is 12.4 Å². The average Bonchev–Trinajstić information content (AvgIpc) is 3.06. The van der Waals surface area contributed by atoms with Crippen molar-refractivity contribution in [3.05, 3.63) is 18.2 Å². The van der Waals surface area contributed by atoms with E-state index in [0.717, 1.165) is 5.82 Å². The highest BCUT2D eigenvalue weighted by Crippen LogP contribution is 2.17. The second kappa shape index (κ2) is 7.04. The van der Waals surface area contributed by atoms with E-state index in [1.54, 1.807) is 24.4 Å². The van der Waals surface area contributed by atoms with Crippen molar-refractivity contribution in [2.75, 3.05) is 33.4 Å². The van der Waals surface area contributed by atoms with Gasteiger partial charge in [-0.2, -0.15) is 0 Å². The van der Waals surface area contributed by atoms with Gasteiger partial charge in [-0.05, 0) is 0 Å². The zero-order valence-corrected chi connectivity index (χ0v) is 11.6. The molecule has 1 aliphatic heterocycles. The Morgan fingerprint density at radius 3 is 3.20 bits per heavy atom. The molecule has 7 heteroatoms. The van der Waals surface area contributed by atoms with Crippen molar-refractivity contribution in [3.63, 3.8) is 0 Å². The second-order valence-corrected chi connectivity index (χ2v) is 4.81. The Kier molecular flexibility index (Phi) is 5.11. The number of methoxy groups -OCH3 is 1. The molecule has 1 aromatic rings. The van der Waals surface area contributed by atoms with Crippen LogP contribution in [0.1, 0.15) is 12.2 Å². The van der Waals surface area contributed by atoms with Gasteiger partial charge in [0.05, 0.1) is 12.5 Å². The molecule has 0 aliphatic carbocycles. The van der Waals surface area contributed by atoms with E-state index in [2.05, 4.69) is 15.3 Å². The molecular formula is C13H20N4O3. The van der Waals surface area contributed by atoms with Gasteiger partial charge in [-0.1, -0.05) is 0 Å². The molecule has 0 saturated carbocycles. The topological polar surface area (TPSA) is 87.3 Å². The van der Waals surface area contributed by atoms with Crippen molar-refractivity contribution in [1.82, 2.24) is 20.2 Å². The van der Waals surface area contributed by atoms with E-state index < -0.39 is 0 Å². The van der Waals surface area contributed by atoms with Crippen LogP contribution in [0.3, 0.4) is 0 Å². The summed E-state index contributed by atoms with van der Waals surface area (Å²) < 4.78 is 4.95. The molecule has 1 fully saturated rings. The number of nitrogens with one attached hydrogen (secondary N) is 2. The minimum Gasteiger partial charge on any atom is -0.383 e. The third-order valence-electron chi connectivity index (χ3n) is 3.37. The Morgan fingerprint density at radius 2 is 2.50 bits per heavy atom. The molecule has 1 saturated heterocycles. The number of imidazole rings is 1. The summed E-state index contributed by atoms with van der Waals surface area (Å²) in [5, 5.41) is 2.85. The first-order valence-corrected chi connectivity index (χ1v) is 6.73. The van der Waals surface area contributed by atoms with Gasteiger partial charge in [0.1, 0.15) is 5.82 Å². The van der Waals surface area contributed by atoms with Gasteiger partial charge >= 0.3 is 0 Å². The predicted octanol–water partition coefficient (Wildman–Crippen LogP) is -0.437. The van der Waals surface area contributed by atoms with Crippen LogP contribution in [0, 0.1) is 5.92 Å². The quantitative estimate of drug-likeness (QED) is 0.709. The standard InChI is InChI=1S/C13H20N4O3/c1-20-7-6-17-9-10(8-12(17)18)13(19)16-3-2-11-14-4-5-15-11/h4-5,10H,2-3,6-9H2,1H3,(H,14,15)(H,16,19). The van der Waals surface area contributed by atoms with Gasteiger partial charge in [-0.25, -0.2) is 4.98 Å². The van der Waals surface area contributed by atoms with Gasteiger partial charge in [-0.3, -0.25) is 9.59 Å². The number of nitrogens with zero attached hydrogens (tertiary/aromatic N) is 2. The summed E-state index contributed by atoms with van der Waals surface area (Å²) in [6.07, 6.45) is 4.38. The molecule has 2 amide bonds. The number of rotatable bonds is 7. The highest BCUT2D eigenvalue weighted by atomic mass is 16.5. The second-order valence-electron chi connectivity index (χ2n) is 4.81. The Hall–Kier alpha value is -1.89. The average molecular weight is 280 g/mol. The number of aromatic nitrogens is 2. The molecule has 2 heterocycles. The Balaban J connectivity index is 1.71. The van der Waals surface area contributed by atoms with Gasteiger partial charge < -0.3 is 19.9 Å². The number of likely N-dealkylation sites (tertiary alicyclic amines) is 1. The zero-order valence-electron chi connectivity index (χ0n) is 11.6. The molecular weight excluding hydrogens is 260 g/mol. The lowest BCUT2D eigenvalue weighted by molar-refractivity contribution is -0.129. The van der Waals surface area contributed by atoms with Crippen molar-refractivity contribution < 1.29 is 14.3 Å². The van der Waals surface area contributed by atoms with Gasteiger partial charge in [0.15, 0.2) is 0 Å². The van der Waals surface area contributed by atoms with Crippen LogP contribution in [0.4, 0.5) is 0 Å². The maximum Gasteiger partial charge on any atom is 0.225 e. The van der Waals surface area contributed by atoms with Crippen molar-refractivity contribution in [2.45, 2.75) is 12.8 Å². The molecule has 2 rings (SSSR count). The molecule has 20 heavy (non-hydrogen) atoms. The first kappa shape index (κ1) is 14.5. The minimum atomic E-state index is -0.254. The van der Waals surface area contributed by atoms with E-state index in [4.69, 9.17) is 4.74 Å². The van der Waals surface area contributed by atoms with E-state index in [1.807, 2.05) is 0 Å². The van der Waals surface area contributed by atoms with Crippen LogP contribution < -0.4 is 5.32 Å². The van der Waals surface area contributed by atoms with Gasteiger partial charge in [-0.15, -0.1) is 0 Å². The van der Waals surface area contributed by atoms with Crippen LogP contribution >= 0.6 is 0 Å². The summed E-state index contributed by atoms with van der Waals surface area (Å²) in [5.74, 6) is 0.545. The molecule has 110 valence electrons. The largest absolute Gasteiger partial charge is 0.383 e. The normalized spacial score (nSPS) is 18.6. The lowest BCUT2D eigenvalue weighted by Gasteiger charge is -2.15. The molecule has 1 unspecified atom stereocenters. The fourth-order valence-electron chi connectivity index (χ4n) is 2.25. The van der Waals surface area contributed by atoms with Crippen LogP contribution in [-0.2, 0) is 20.7 Å². The summed E-state index contributed by atoms with van der Waals surface area (Å²) in [5.41, 5.74) is 0. The van der Waals surface area contributed by atoms with Gasteiger partial charge in [0.2, 0.25) is 11.8 Å². The minimum absolute atomic E-state index is 0.0215. The maximum atomic E-state index is 12.0. The van der Waals surface area contributed by atoms with Crippen molar-refractivity contribution in [3.8, 4) is 0 Å². The number of hydrogen-bond donors (Lipinski definition) is 2. The van der Waals surface area contributed by atoms with Gasteiger partial charge in [0.25, 0.3) is 0 Å². The molecule has 1 aliphatic rings. The van der Waals surface area contributed by atoms with Crippen molar-refractivity contribution in [2.24, 2.45) is 5.92 Å². The summed E-state index contributed by atoms with van der Waals surface area (Å²) in [7, 11) is 1.60. The highest BCUT2D eigenvalue weighted by Gasteiger charge is 2.33. The Morgan fingerprint density at radius 1 is 1.65 bits per heavy atom. The van der Waals surface area contributed by atoms with E-state index in [0.29, 0.717) is 32.7 Å². The monoisotopic (exact) mass is 280 g/mol. The van der Waals surface area contributed by atoms with Crippen LogP contribution in [0.25, 0.3) is 0 Å². The summed E-state index contributed by atoms with van der Waals surface area (Å²) in [6.45, 7) is 2.05. The zero-order chi connectivity index (χ0) is 14.4. The third kappa shape index (κ3) is 3.80. The first-order valence-electron chi connectivity index (χ1n) is 6.73. The number of carbonyl (C=O) groups is 2. The number of ether oxygens (including phenoxy) is 1. The molecule has 0 radical (unpaired) electrons. The van der Waals surface area contributed by atoms with Crippen LogP contribution in [-0.4, -0.2) is 60.0 Å². The van der Waals surface area contributed by atoms with E-state index >= 15 is 0 Å². The molecule has 1 aromatic heterocycles.